The molecular formula is C26H30N4O2S. The van der Waals surface area contributed by atoms with Crippen LogP contribution in [0.2, 0.25) is 0 Å². The number of benzene rings is 2. The number of nitrogens with zero attached hydrogens (tertiary/aromatic N) is 4. The van der Waals surface area contributed by atoms with Gasteiger partial charge in [-0.05, 0) is 62.7 Å². The number of likely N-dealkylation sites (N-methyl/N-ethyl adjacent to an activating group) is 1. The average molecular weight is 463 g/mol. The standard InChI is InChI=1S/C26H30N4O2S/c1-28-14-16-29(17-15-28)21-9-7-20(8-10-21)25-27-23(18-33-25)19-5-11-22(12-6-19)30-13-3-2-4-24(30)26(31)32/h5-12,18,24H,2-4,13-17H2,1H3,(H,31,32). The lowest BCUT2D eigenvalue weighted by molar-refractivity contribution is -0.139. The van der Waals surface area contributed by atoms with Gasteiger partial charge in [-0.1, -0.05) is 12.1 Å². The second kappa shape index (κ2) is 9.53. The Morgan fingerprint density at radius 1 is 0.909 bits per heavy atom. The van der Waals surface area contributed by atoms with Gasteiger partial charge in [0.2, 0.25) is 0 Å². The largest absolute Gasteiger partial charge is 0.480 e. The van der Waals surface area contributed by atoms with Gasteiger partial charge in [0.1, 0.15) is 11.0 Å². The average Bonchev–Trinajstić information content (AvgIpc) is 3.35. The van der Waals surface area contributed by atoms with Crippen LogP contribution in [0.25, 0.3) is 21.8 Å². The number of anilines is 2. The fraction of sp³-hybridized carbons (Fsp3) is 0.385. The van der Waals surface area contributed by atoms with Gasteiger partial charge in [0.15, 0.2) is 0 Å². The fourth-order valence-corrected chi connectivity index (χ4v) is 5.57. The SMILES string of the molecule is CN1CCN(c2ccc(-c3nc(-c4ccc(N5CCCCC5C(=O)O)cc4)cs3)cc2)CC1. The first-order valence-electron chi connectivity index (χ1n) is 11.7. The van der Waals surface area contributed by atoms with Gasteiger partial charge in [-0.3, -0.25) is 0 Å². The summed E-state index contributed by atoms with van der Waals surface area (Å²) in [6.45, 7) is 5.13. The smallest absolute Gasteiger partial charge is 0.326 e. The van der Waals surface area contributed by atoms with Gasteiger partial charge in [-0.2, -0.15) is 0 Å². The Morgan fingerprint density at radius 2 is 1.58 bits per heavy atom. The highest BCUT2D eigenvalue weighted by Crippen LogP contribution is 2.32. The fourth-order valence-electron chi connectivity index (χ4n) is 4.74. The summed E-state index contributed by atoms with van der Waals surface area (Å²) < 4.78 is 0. The Kier molecular flexibility index (Phi) is 6.33. The number of rotatable bonds is 5. The van der Waals surface area contributed by atoms with Crippen LogP contribution in [0.5, 0.6) is 0 Å². The van der Waals surface area contributed by atoms with Crippen molar-refractivity contribution >= 4 is 28.7 Å². The molecule has 0 aliphatic carbocycles. The molecule has 33 heavy (non-hydrogen) atoms. The predicted molar refractivity (Wildman–Crippen MR) is 135 cm³/mol. The number of hydrogen-bond acceptors (Lipinski definition) is 6. The molecule has 1 aromatic heterocycles. The maximum Gasteiger partial charge on any atom is 0.326 e. The van der Waals surface area contributed by atoms with Crippen molar-refractivity contribution in [3.8, 4) is 21.8 Å². The molecule has 1 atom stereocenters. The number of aromatic nitrogens is 1. The molecule has 0 radical (unpaired) electrons. The molecule has 2 aromatic carbocycles. The number of carboxylic acid groups (broad SMARTS) is 1. The normalized spacial score (nSPS) is 19.6. The summed E-state index contributed by atoms with van der Waals surface area (Å²) in [5, 5.41) is 12.7. The molecule has 1 unspecified atom stereocenters. The molecule has 7 heteroatoms. The first-order valence-corrected chi connectivity index (χ1v) is 12.6. The Balaban J connectivity index is 1.29. The lowest BCUT2D eigenvalue weighted by Gasteiger charge is -2.34. The molecule has 0 amide bonds. The molecule has 2 aliphatic heterocycles. The highest BCUT2D eigenvalue weighted by Gasteiger charge is 2.28. The quantitative estimate of drug-likeness (QED) is 0.595. The number of thiazole rings is 1. The predicted octanol–water partition coefficient (Wildman–Crippen LogP) is 4.67. The summed E-state index contributed by atoms with van der Waals surface area (Å²) in [5.41, 5.74) is 5.40. The van der Waals surface area contributed by atoms with E-state index in [2.05, 4.69) is 58.6 Å². The van der Waals surface area contributed by atoms with E-state index >= 15 is 0 Å². The number of aliphatic carboxylic acids is 1. The first-order chi connectivity index (χ1) is 16.1. The van der Waals surface area contributed by atoms with E-state index in [1.807, 2.05) is 17.0 Å². The van der Waals surface area contributed by atoms with Crippen LogP contribution >= 0.6 is 11.3 Å². The maximum atomic E-state index is 11.6. The Labute approximate surface area is 199 Å². The molecule has 0 bridgehead atoms. The molecule has 1 N–H and O–H groups in total. The molecular weight excluding hydrogens is 432 g/mol. The Morgan fingerprint density at radius 3 is 2.27 bits per heavy atom. The van der Waals surface area contributed by atoms with Gasteiger partial charge in [0.25, 0.3) is 0 Å². The number of piperidine rings is 1. The zero-order valence-corrected chi connectivity index (χ0v) is 19.8. The summed E-state index contributed by atoms with van der Waals surface area (Å²) in [6.07, 6.45) is 2.72. The molecule has 0 saturated carbocycles. The second-order valence-electron chi connectivity index (χ2n) is 8.97. The molecule has 6 nitrogen and oxygen atoms in total. The van der Waals surface area contributed by atoms with Crippen molar-refractivity contribution in [3.05, 3.63) is 53.9 Å². The van der Waals surface area contributed by atoms with E-state index in [9.17, 15) is 9.90 Å². The summed E-state index contributed by atoms with van der Waals surface area (Å²) in [6, 6.07) is 16.5. The van der Waals surface area contributed by atoms with E-state index < -0.39 is 12.0 Å². The highest BCUT2D eigenvalue weighted by atomic mass is 32.1. The van der Waals surface area contributed by atoms with Crippen LogP contribution in [0.1, 0.15) is 19.3 Å². The highest BCUT2D eigenvalue weighted by molar-refractivity contribution is 7.13. The van der Waals surface area contributed by atoms with Crippen LogP contribution in [0, 0.1) is 0 Å². The van der Waals surface area contributed by atoms with Crippen molar-refractivity contribution in [2.75, 3.05) is 49.6 Å². The summed E-state index contributed by atoms with van der Waals surface area (Å²) in [4.78, 5) is 23.3. The third kappa shape index (κ3) is 4.75. The van der Waals surface area contributed by atoms with Crippen LogP contribution in [0.3, 0.4) is 0 Å². The van der Waals surface area contributed by atoms with Gasteiger partial charge < -0.3 is 19.8 Å². The van der Waals surface area contributed by atoms with Crippen molar-refractivity contribution in [2.45, 2.75) is 25.3 Å². The van der Waals surface area contributed by atoms with Gasteiger partial charge >= 0.3 is 5.97 Å². The number of carbonyl (C=O) groups is 1. The van der Waals surface area contributed by atoms with Crippen molar-refractivity contribution in [1.82, 2.24) is 9.88 Å². The van der Waals surface area contributed by atoms with Crippen LogP contribution in [-0.4, -0.2) is 66.8 Å². The summed E-state index contributed by atoms with van der Waals surface area (Å²) >= 11 is 1.66. The van der Waals surface area contributed by atoms with Crippen molar-refractivity contribution in [1.29, 1.82) is 0 Å². The van der Waals surface area contributed by atoms with E-state index in [0.717, 1.165) is 73.1 Å². The van der Waals surface area contributed by atoms with Crippen LogP contribution in [0.15, 0.2) is 53.9 Å². The minimum atomic E-state index is -0.735. The van der Waals surface area contributed by atoms with E-state index in [1.165, 1.54) is 5.69 Å². The monoisotopic (exact) mass is 462 g/mol. The van der Waals surface area contributed by atoms with E-state index in [1.54, 1.807) is 11.3 Å². The molecule has 3 aromatic rings. The lowest BCUT2D eigenvalue weighted by Crippen LogP contribution is -2.44. The summed E-state index contributed by atoms with van der Waals surface area (Å²) in [5.74, 6) is -0.735. The minimum absolute atomic E-state index is 0.427. The first kappa shape index (κ1) is 21.9. The molecule has 2 fully saturated rings. The number of carboxylic acids is 1. The Hall–Kier alpha value is -2.90. The zero-order chi connectivity index (χ0) is 22.8. The molecule has 3 heterocycles. The van der Waals surface area contributed by atoms with Crippen molar-refractivity contribution in [2.24, 2.45) is 0 Å². The Bertz CT molecular complexity index is 1090. The summed E-state index contributed by atoms with van der Waals surface area (Å²) in [7, 11) is 2.18. The molecule has 2 aliphatic rings. The molecule has 2 saturated heterocycles. The van der Waals surface area contributed by atoms with Gasteiger partial charge in [-0.25, -0.2) is 9.78 Å². The third-order valence-corrected chi connectivity index (χ3v) is 7.66. The molecule has 0 spiro atoms. The minimum Gasteiger partial charge on any atom is -0.480 e. The van der Waals surface area contributed by atoms with Gasteiger partial charge in [-0.15, -0.1) is 11.3 Å². The molecule has 172 valence electrons. The van der Waals surface area contributed by atoms with E-state index in [4.69, 9.17) is 4.98 Å². The van der Waals surface area contributed by atoms with E-state index in [0.29, 0.717) is 6.42 Å². The third-order valence-electron chi connectivity index (χ3n) is 6.77. The zero-order valence-electron chi connectivity index (χ0n) is 19.0. The van der Waals surface area contributed by atoms with Crippen molar-refractivity contribution in [3.63, 3.8) is 0 Å². The second-order valence-corrected chi connectivity index (χ2v) is 9.82. The molecule has 5 rings (SSSR count). The van der Waals surface area contributed by atoms with Gasteiger partial charge in [0, 0.05) is 60.6 Å². The lowest BCUT2D eigenvalue weighted by atomic mass is 10.0. The van der Waals surface area contributed by atoms with Crippen LogP contribution in [0.4, 0.5) is 11.4 Å². The number of piperazine rings is 1. The maximum absolute atomic E-state index is 11.6. The number of hydrogen-bond donors (Lipinski definition) is 1. The van der Waals surface area contributed by atoms with Crippen molar-refractivity contribution < 1.29 is 9.90 Å². The van der Waals surface area contributed by atoms with E-state index in [-0.39, 0.29) is 0 Å². The van der Waals surface area contributed by atoms with Crippen LogP contribution < -0.4 is 9.80 Å². The van der Waals surface area contributed by atoms with Crippen LogP contribution in [-0.2, 0) is 4.79 Å². The van der Waals surface area contributed by atoms with Gasteiger partial charge in [0.05, 0.1) is 5.69 Å². The topological polar surface area (TPSA) is 59.9 Å².